The number of hydrogen-bond acceptors (Lipinski definition) is 5. The van der Waals surface area contributed by atoms with Gasteiger partial charge in [0.25, 0.3) is 5.91 Å². The third-order valence-corrected chi connectivity index (χ3v) is 4.48. The summed E-state index contributed by atoms with van der Waals surface area (Å²) in [5.41, 5.74) is 2.36. The molecule has 0 saturated carbocycles. The van der Waals surface area contributed by atoms with Gasteiger partial charge in [-0.15, -0.1) is 0 Å². The molecular weight excluding hydrogens is 358 g/mol. The van der Waals surface area contributed by atoms with E-state index in [1.54, 1.807) is 24.3 Å². The number of carbonyl (C=O) groups is 1. The summed E-state index contributed by atoms with van der Waals surface area (Å²) in [5.74, 6) is 0.766. The zero-order valence-corrected chi connectivity index (χ0v) is 16.2. The molecule has 0 bridgehead atoms. The van der Waals surface area contributed by atoms with Crippen LogP contribution in [0.3, 0.4) is 0 Å². The van der Waals surface area contributed by atoms with Crippen LogP contribution in [0.1, 0.15) is 34.8 Å². The highest BCUT2D eigenvalue weighted by atomic mass is 16.5. The minimum absolute atomic E-state index is 0.204. The van der Waals surface area contributed by atoms with Gasteiger partial charge in [-0.05, 0) is 41.8 Å². The fourth-order valence-corrected chi connectivity index (χ4v) is 3.08. The lowest BCUT2D eigenvalue weighted by atomic mass is 10.0. The van der Waals surface area contributed by atoms with Crippen molar-refractivity contribution in [1.82, 2.24) is 5.32 Å². The van der Waals surface area contributed by atoms with Crippen LogP contribution in [0.25, 0.3) is 11.0 Å². The second-order valence-electron chi connectivity index (χ2n) is 6.46. The summed E-state index contributed by atoms with van der Waals surface area (Å²) >= 11 is 0. The van der Waals surface area contributed by atoms with Crippen LogP contribution < -0.4 is 20.4 Å². The molecule has 28 heavy (non-hydrogen) atoms. The molecule has 0 fully saturated rings. The molecule has 0 aliphatic heterocycles. The fourth-order valence-electron chi connectivity index (χ4n) is 3.08. The lowest BCUT2D eigenvalue weighted by Gasteiger charge is -2.11. The van der Waals surface area contributed by atoms with E-state index in [0.717, 1.165) is 23.8 Å². The maximum Gasteiger partial charge on any atom is 0.336 e. The third kappa shape index (κ3) is 4.34. The topological polar surface area (TPSA) is 77.8 Å². The molecular formula is C22H23NO5. The van der Waals surface area contributed by atoms with Crippen molar-refractivity contribution in [2.24, 2.45) is 0 Å². The highest BCUT2D eigenvalue weighted by molar-refractivity contribution is 5.95. The summed E-state index contributed by atoms with van der Waals surface area (Å²) in [6.07, 6.45) is 1.95. The molecule has 2 aromatic carbocycles. The number of carbonyl (C=O) groups excluding carboxylic acids is 1. The van der Waals surface area contributed by atoms with Crippen molar-refractivity contribution >= 4 is 16.9 Å². The SMILES string of the molecule is CCCc1ccc2oc(=O)cc(CNC(=O)c3cc(OC)cc(OC)c3)c2c1. The number of ether oxygens (including phenoxy) is 2. The van der Waals surface area contributed by atoms with Gasteiger partial charge in [-0.1, -0.05) is 19.4 Å². The Labute approximate surface area is 163 Å². The predicted octanol–water partition coefficient (Wildman–Crippen LogP) is 3.69. The van der Waals surface area contributed by atoms with Crippen molar-refractivity contribution in [2.75, 3.05) is 14.2 Å². The number of hydrogen-bond donors (Lipinski definition) is 1. The molecule has 1 heterocycles. The summed E-state index contributed by atoms with van der Waals surface area (Å²) < 4.78 is 15.7. The van der Waals surface area contributed by atoms with Crippen LogP contribution in [0, 0.1) is 0 Å². The number of rotatable bonds is 7. The summed E-state index contributed by atoms with van der Waals surface area (Å²) in [6, 6.07) is 12.2. The largest absolute Gasteiger partial charge is 0.497 e. The van der Waals surface area contributed by atoms with Crippen molar-refractivity contribution in [3.05, 3.63) is 69.6 Å². The van der Waals surface area contributed by atoms with E-state index < -0.39 is 5.63 Å². The molecule has 3 rings (SSSR count). The lowest BCUT2D eigenvalue weighted by molar-refractivity contribution is 0.0950. The van der Waals surface area contributed by atoms with Gasteiger partial charge in [0.1, 0.15) is 17.1 Å². The van der Waals surface area contributed by atoms with E-state index in [9.17, 15) is 9.59 Å². The number of aryl methyl sites for hydroxylation is 1. The summed E-state index contributed by atoms with van der Waals surface area (Å²) in [5, 5.41) is 3.69. The van der Waals surface area contributed by atoms with Crippen molar-refractivity contribution in [3.8, 4) is 11.5 Å². The standard InChI is InChI=1S/C22H23NO5/c1-4-5-14-6-7-20-19(8-14)16(11-21(24)28-20)13-23-22(25)15-9-17(26-2)12-18(10-15)27-3/h6-12H,4-5,13H2,1-3H3,(H,23,25). The number of amides is 1. The minimum atomic E-state index is -0.442. The highest BCUT2D eigenvalue weighted by Crippen LogP contribution is 2.23. The maximum atomic E-state index is 12.6. The number of methoxy groups -OCH3 is 2. The normalized spacial score (nSPS) is 10.7. The van der Waals surface area contributed by atoms with Crippen LogP contribution in [-0.2, 0) is 13.0 Å². The number of fused-ring (bicyclic) bond motifs is 1. The smallest absolute Gasteiger partial charge is 0.336 e. The van der Waals surface area contributed by atoms with Crippen molar-refractivity contribution in [3.63, 3.8) is 0 Å². The summed E-state index contributed by atoms with van der Waals surface area (Å²) in [6.45, 7) is 2.31. The van der Waals surface area contributed by atoms with Crippen LogP contribution in [0.2, 0.25) is 0 Å². The highest BCUT2D eigenvalue weighted by Gasteiger charge is 2.12. The molecule has 3 aromatic rings. The Morgan fingerprint density at radius 1 is 1.04 bits per heavy atom. The van der Waals surface area contributed by atoms with E-state index in [1.165, 1.54) is 20.3 Å². The summed E-state index contributed by atoms with van der Waals surface area (Å²) in [7, 11) is 3.06. The van der Waals surface area contributed by atoms with Crippen LogP contribution >= 0.6 is 0 Å². The van der Waals surface area contributed by atoms with E-state index in [4.69, 9.17) is 13.9 Å². The Morgan fingerprint density at radius 2 is 1.75 bits per heavy atom. The minimum Gasteiger partial charge on any atom is -0.497 e. The predicted molar refractivity (Wildman–Crippen MR) is 107 cm³/mol. The average Bonchev–Trinajstić information content (AvgIpc) is 2.71. The van der Waals surface area contributed by atoms with E-state index in [0.29, 0.717) is 28.2 Å². The van der Waals surface area contributed by atoms with Gasteiger partial charge >= 0.3 is 5.63 Å². The first kappa shape index (κ1) is 19.5. The van der Waals surface area contributed by atoms with Crippen LogP contribution in [0.15, 0.2) is 51.7 Å². The first-order valence-corrected chi connectivity index (χ1v) is 9.11. The van der Waals surface area contributed by atoms with Crippen molar-refractivity contribution in [1.29, 1.82) is 0 Å². The molecule has 0 aliphatic carbocycles. The second kappa shape index (κ2) is 8.61. The third-order valence-electron chi connectivity index (χ3n) is 4.48. The van der Waals surface area contributed by atoms with Crippen molar-refractivity contribution in [2.45, 2.75) is 26.3 Å². The molecule has 6 heteroatoms. The van der Waals surface area contributed by atoms with E-state index in [2.05, 4.69) is 12.2 Å². The Bertz CT molecular complexity index is 1030. The zero-order chi connectivity index (χ0) is 20.1. The molecule has 1 N–H and O–H groups in total. The molecule has 0 unspecified atom stereocenters. The first-order valence-electron chi connectivity index (χ1n) is 9.11. The second-order valence-corrected chi connectivity index (χ2v) is 6.46. The van der Waals surface area contributed by atoms with Crippen molar-refractivity contribution < 1.29 is 18.7 Å². The quantitative estimate of drug-likeness (QED) is 0.632. The average molecular weight is 381 g/mol. The molecule has 0 radical (unpaired) electrons. The van der Waals surface area contributed by atoms with Crippen LogP contribution in [-0.4, -0.2) is 20.1 Å². The molecule has 0 aliphatic rings. The molecule has 1 aromatic heterocycles. The van der Waals surface area contributed by atoms with Gasteiger partial charge in [0.05, 0.1) is 14.2 Å². The van der Waals surface area contributed by atoms with E-state index in [1.807, 2.05) is 12.1 Å². The van der Waals surface area contributed by atoms with Crippen LogP contribution in [0.5, 0.6) is 11.5 Å². The van der Waals surface area contributed by atoms with Gasteiger partial charge in [0, 0.05) is 29.6 Å². The van der Waals surface area contributed by atoms with Crippen LogP contribution in [0.4, 0.5) is 0 Å². The Morgan fingerprint density at radius 3 is 2.39 bits per heavy atom. The molecule has 146 valence electrons. The molecule has 0 spiro atoms. The Balaban J connectivity index is 1.87. The van der Waals surface area contributed by atoms with E-state index in [-0.39, 0.29) is 12.5 Å². The monoisotopic (exact) mass is 381 g/mol. The number of nitrogens with one attached hydrogen (secondary N) is 1. The van der Waals surface area contributed by atoms with Gasteiger partial charge in [-0.25, -0.2) is 4.79 Å². The van der Waals surface area contributed by atoms with Gasteiger partial charge < -0.3 is 19.2 Å². The molecule has 6 nitrogen and oxygen atoms in total. The molecule has 0 saturated heterocycles. The first-order chi connectivity index (χ1) is 13.5. The molecule has 1 amide bonds. The van der Waals surface area contributed by atoms with E-state index >= 15 is 0 Å². The van der Waals surface area contributed by atoms with Gasteiger partial charge in [-0.3, -0.25) is 4.79 Å². The summed E-state index contributed by atoms with van der Waals surface area (Å²) in [4.78, 5) is 24.5. The Kier molecular flexibility index (Phi) is 5.99. The number of benzene rings is 2. The molecule has 0 atom stereocenters. The lowest BCUT2D eigenvalue weighted by Crippen LogP contribution is -2.23. The Hall–Kier alpha value is -3.28. The fraction of sp³-hybridized carbons (Fsp3) is 0.273. The maximum absolute atomic E-state index is 12.6. The van der Waals surface area contributed by atoms with Gasteiger partial charge in [-0.2, -0.15) is 0 Å². The zero-order valence-electron chi connectivity index (χ0n) is 16.2. The van der Waals surface area contributed by atoms with Gasteiger partial charge in [0.2, 0.25) is 0 Å². The van der Waals surface area contributed by atoms with Gasteiger partial charge in [0.15, 0.2) is 0 Å².